The molecule has 0 unspecified atom stereocenters. The third-order valence-corrected chi connectivity index (χ3v) is 5.16. The summed E-state index contributed by atoms with van der Waals surface area (Å²) in [6.45, 7) is 0.187. The average Bonchev–Trinajstić information content (AvgIpc) is 3.45. The quantitative estimate of drug-likeness (QED) is 0.390. The number of benzene rings is 2. The van der Waals surface area contributed by atoms with Crippen LogP contribution in [0.5, 0.6) is 28.7 Å². The van der Waals surface area contributed by atoms with Crippen LogP contribution in [0.4, 0.5) is 0 Å². The minimum absolute atomic E-state index is 0.0986. The van der Waals surface area contributed by atoms with Gasteiger partial charge in [0.25, 0.3) is 5.22 Å². The molecule has 0 bridgehead atoms. The van der Waals surface area contributed by atoms with Gasteiger partial charge in [-0.05, 0) is 30.3 Å². The number of Topliss-reactive ketones (excluding diaryl/α,β-unsaturated/α-hetero) is 1. The molecule has 3 aromatic rings. The van der Waals surface area contributed by atoms with Gasteiger partial charge in [-0.1, -0.05) is 11.8 Å². The van der Waals surface area contributed by atoms with Crippen LogP contribution in [0, 0.1) is 0 Å². The van der Waals surface area contributed by atoms with E-state index in [0.29, 0.717) is 45.8 Å². The molecule has 0 saturated carbocycles. The molecule has 0 fully saturated rings. The molecule has 2 heterocycles. The van der Waals surface area contributed by atoms with Crippen molar-refractivity contribution in [2.75, 3.05) is 33.9 Å². The van der Waals surface area contributed by atoms with Crippen LogP contribution in [0.3, 0.4) is 0 Å². The van der Waals surface area contributed by atoms with Gasteiger partial charge in [0, 0.05) is 11.1 Å². The van der Waals surface area contributed by atoms with E-state index in [-0.39, 0.29) is 23.6 Å². The Labute approximate surface area is 176 Å². The molecule has 0 N–H and O–H groups in total. The van der Waals surface area contributed by atoms with Crippen LogP contribution >= 0.6 is 11.8 Å². The smallest absolute Gasteiger partial charge is 0.277 e. The van der Waals surface area contributed by atoms with Gasteiger partial charge in [0.05, 0.1) is 27.1 Å². The van der Waals surface area contributed by atoms with Crippen molar-refractivity contribution in [3.05, 3.63) is 35.9 Å². The number of carbonyl (C=O) groups excluding carboxylic acids is 1. The first-order valence-corrected chi connectivity index (χ1v) is 9.81. The first kappa shape index (κ1) is 19.9. The largest absolute Gasteiger partial charge is 0.493 e. The molecule has 10 heteroatoms. The lowest BCUT2D eigenvalue weighted by Crippen LogP contribution is -2.05. The summed E-state index contributed by atoms with van der Waals surface area (Å²) in [5.41, 5.74) is 1.13. The van der Waals surface area contributed by atoms with Crippen LogP contribution in [0.1, 0.15) is 10.4 Å². The van der Waals surface area contributed by atoms with E-state index in [9.17, 15) is 4.79 Å². The molecule has 4 rings (SSSR count). The van der Waals surface area contributed by atoms with Crippen LogP contribution in [0.25, 0.3) is 11.5 Å². The zero-order valence-electron chi connectivity index (χ0n) is 16.5. The summed E-state index contributed by atoms with van der Waals surface area (Å²) < 4.78 is 32.2. The van der Waals surface area contributed by atoms with Gasteiger partial charge in [0.1, 0.15) is 0 Å². The number of carbonyl (C=O) groups is 1. The Morgan fingerprint density at radius 1 is 1.00 bits per heavy atom. The number of ether oxygens (including phenoxy) is 5. The van der Waals surface area contributed by atoms with Crippen LogP contribution in [-0.2, 0) is 0 Å². The number of fused-ring (bicyclic) bond motifs is 1. The Bertz CT molecular complexity index is 1060. The summed E-state index contributed by atoms with van der Waals surface area (Å²) in [6, 6.07) is 8.57. The highest BCUT2D eigenvalue weighted by Gasteiger charge is 2.19. The summed E-state index contributed by atoms with van der Waals surface area (Å²) in [7, 11) is 4.50. The average molecular weight is 430 g/mol. The van der Waals surface area contributed by atoms with Crippen LogP contribution < -0.4 is 23.7 Å². The molecule has 0 amide bonds. The fourth-order valence-corrected chi connectivity index (χ4v) is 3.52. The zero-order chi connectivity index (χ0) is 21.1. The lowest BCUT2D eigenvalue weighted by Gasteiger charge is -2.13. The number of rotatable bonds is 8. The van der Waals surface area contributed by atoms with Gasteiger partial charge in [-0.3, -0.25) is 4.79 Å². The number of methoxy groups -OCH3 is 3. The fourth-order valence-electron chi connectivity index (χ4n) is 2.87. The molecule has 0 saturated heterocycles. The van der Waals surface area contributed by atoms with E-state index in [1.54, 1.807) is 30.3 Å². The molecule has 1 aliphatic rings. The van der Waals surface area contributed by atoms with Crippen LogP contribution in [-0.4, -0.2) is 49.9 Å². The normalized spacial score (nSPS) is 12.0. The van der Waals surface area contributed by atoms with Gasteiger partial charge in [-0.2, -0.15) is 0 Å². The molecule has 30 heavy (non-hydrogen) atoms. The fraction of sp³-hybridized carbons (Fsp3) is 0.250. The van der Waals surface area contributed by atoms with E-state index in [2.05, 4.69) is 10.2 Å². The minimum Gasteiger partial charge on any atom is -0.493 e. The second kappa shape index (κ2) is 8.54. The Morgan fingerprint density at radius 2 is 1.73 bits per heavy atom. The predicted molar refractivity (Wildman–Crippen MR) is 107 cm³/mol. The van der Waals surface area contributed by atoms with Crippen molar-refractivity contribution in [1.29, 1.82) is 0 Å². The number of hydrogen-bond donors (Lipinski definition) is 0. The van der Waals surface area contributed by atoms with Gasteiger partial charge in [-0.25, -0.2) is 0 Å². The van der Waals surface area contributed by atoms with Crippen molar-refractivity contribution in [3.63, 3.8) is 0 Å². The molecule has 1 aromatic heterocycles. The summed E-state index contributed by atoms with van der Waals surface area (Å²) in [5.74, 6) is 2.82. The molecular weight excluding hydrogens is 412 g/mol. The predicted octanol–water partition coefficient (Wildman–Crippen LogP) is 3.47. The van der Waals surface area contributed by atoms with Gasteiger partial charge < -0.3 is 28.1 Å². The van der Waals surface area contributed by atoms with Crippen molar-refractivity contribution in [3.8, 4) is 40.2 Å². The Hall–Kier alpha value is -3.40. The second-order valence-electron chi connectivity index (χ2n) is 6.07. The van der Waals surface area contributed by atoms with Gasteiger partial charge in [0.2, 0.25) is 18.4 Å². The van der Waals surface area contributed by atoms with Crippen LogP contribution in [0.2, 0.25) is 0 Å². The molecule has 156 valence electrons. The Kier molecular flexibility index (Phi) is 5.66. The maximum atomic E-state index is 12.7. The van der Waals surface area contributed by atoms with E-state index in [4.69, 9.17) is 28.1 Å². The van der Waals surface area contributed by atoms with Crippen molar-refractivity contribution in [2.45, 2.75) is 5.22 Å². The summed E-state index contributed by atoms with van der Waals surface area (Å²) in [4.78, 5) is 12.7. The standard InChI is InChI=1S/C20H18N2O7S/c1-24-16-7-12(8-17(25-2)18(16)26-3)13(23)9-30-20-22-21-19(29-20)11-4-5-14-15(6-11)28-10-27-14/h4-8H,9-10H2,1-3H3. The first-order chi connectivity index (χ1) is 14.6. The molecule has 0 spiro atoms. The molecule has 1 aliphatic heterocycles. The number of thioether (sulfide) groups is 1. The molecule has 0 atom stereocenters. The van der Waals surface area contributed by atoms with Crippen molar-refractivity contribution >= 4 is 17.5 Å². The van der Waals surface area contributed by atoms with Gasteiger partial charge in [-0.15, -0.1) is 10.2 Å². The van der Waals surface area contributed by atoms with E-state index in [0.717, 1.165) is 11.8 Å². The van der Waals surface area contributed by atoms with Gasteiger partial charge >= 0.3 is 0 Å². The lowest BCUT2D eigenvalue weighted by atomic mass is 10.1. The topological polar surface area (TPSA) is 102 Å². The van der Waals surface area contributed by atoms with E-state index >= 15 is 0 Å². The third-order valence-electron chi connectivity index (χ3n) is 4.34. The van der Waals surface area contributed by atoms with E-state index in [1.807, 2.05) is 0 Å². The highest BCUT2D eigenvalue weighted by molar-refractivity contribution is 7.99. The lowest BCUT2D eigenvalue weighted by molar-refractivity contribution is 0.102. The molecule has 0 radical (unpaired) electrons. The summed E-state index contributed by atoms with van der Waals surface area (Å²) >= 11 is 1.14. The molecule has 0 aliphatic carbocycles. The third kappa shape index (κ3) is 3.86. The SMILES string of the molecule is COc1cc(C(=O)CSc2nnc(-c3ccc4c(c3)OCO4)o2)cc(OC)c1OC. The maximum absolute atomic E-state index is 12.7. The zero-order valence-corrected chi connectivity index (χ0v) is 17.3. The molecular formula is C20H18N2O7S. The Balaban J connectivity index is 1.46. The Morgan fingerprint density at radius 3 is 2.43 bits per heavy atom. The van der Waals surface area contributed by atoms with Crippen LogP contribution in [0.15, 0.2) is 40.0 Å². The van der Waals surface area contributed by atoms with Crippen molar-refractivity contribution in [1.82, 2.24) is 10.2 Å². The van der Waals surface area contributed by atoms with Gasteiger partial charge in [0.15, 0.2) is 28.8 Å². The highest BCUT2D eigenvalue weighted by atomic mass is 32.2. The number of nitrogens with zero attached hydrogens (tertiary/aromatic N) is 2. The van der Waals surface area contributed by atoms with Crippen molar-refractivity contribution in [2.24, 2.45) is 0 Å². The number of hydrogen-bond acceptors (Lipinski definition) is 10. The summed E-state index contributed by atoms with van der Waals surface area (Å²) in [6.07, 6.45) is 0. The first-order valence-electron chi connectivity index (χ1n) is 8.82. The maximum Gasteiger partial charge on any atom is 0.277 e. The van der Waals surface area contributed by atoms with E-state index in [1.165, 1.54) is 21.3 Å². The van der Waals surface area contributed by atoms with E-state index < -0.39 is 0 Å². The second-order valence-corrected chi connectivity index (χ2v) is 6.99. The summed E-state index contributed by atoms with van der Waals surface area (Å²) in [5, 5.41) is 8.32. The minimum atomic E-state index is -0.151. The number of ketones is 1. The monoisotopic (exact) mass is 430 g/mol. The molecule has 2 aromatic carbocycles. The van der Waals surface area contributed by atoms with Crippen molar-refractivity contribution < 1.29 is 32.9 Å². The highest BCUT2D eigenvalue weighted by Crippen LogP contribution is 2.39. The number of aromatic nitrogens is 2. The molecule has 9 nitrogen and oxygen atoms in total.